The fourth-order valence-corrected chi connectivity index (χ4v) is 1.52. The van der Waals surface area contributed by atoms with Crippen molar-refractivity contribution in [3.63, 3.8) is 0 Å². The van der Waals surface area contributed by atoms with Crippen LogP contribution in [0, 0.1) is 0 Å². The normalized spacial score (nSPS) is 14.8. The van der Waals surface area contributed by atoms with Crippen LogP contribution in [0.5, 0.6) is 0 Å². The van der Waals surface area contributed by atoms with Gasteiger partial charge in [0.2, 0.25) is 0 Å². The van der Waals surface area contributed by atoms with Crippen molar-refractivity contribution in [3.05, 3.63) is 11.7 Å². The third kappa shape index (κ3) is 6.94. The van der Waals surface area contributed by atoms with Crippen LogP contribution in [0.15, 0.2) is 11.7 Å². The smallest absolute Gasteiger partial charge is 0.160 e. The summed E-state index contributed by atoms with van der Waals surface area (Å²) in [6, 6.07) is 0. The van der Waals surface area contributed by atoms with Crippen molar-refractivity contribution in [2.45, 2.75) is 71.3 Å². The number of allylic oxidation sites excluding steroid dienone is 1. The van der Waals surface area contributed by atoms with Crippen molar-refractivity contribution in [3.8, 4) is 0 Å². The lowest BCUT2D eigenvalue weighted by molar-refractivity contribution is 0.162. The molecule has 0 aromatic carbocycles. The van der Waals surface area contributed by atoms with Gasteiger partial charge >= 0.3 is 0 Å². The summed E-state index contributed by atoms with van der Waals surface area (Å²) in [6.07, 6.45) is 4.54. The highest BCUT2D eigenvalue weighted by atomic mass is 19.2. The van der Waals surface area contributed by atoms with E-state index in [1.165, 1.54) is 0 Å². The number of aliphatic hydroxyl groups excluding tert-OH is 1. The summed E-state index contributed by atoms with van der Waals surface area (Å²) in [5, 5.41) is 9.41. The van der Waals surface area contributed by atoms with E-state index in [1.54, 1.807) is 0 Å². The summed E-state index contributed by atoms with van der Waals surface area (Å²) in [6.45, 7) is 4.01. The molecule has 1 unspecified atom stereocenters. The molecular formula is C13H24F2O. The molecule has 1 atom stereocenters. The number of aliphatic hydroxyl groups is 1. The number of hydrogen-bond donors (Lipinski definition) is 1. The summed E-state index contributed by atoms with van der Waals surface area (Å²) in [5.41, 5.74) is 0. The van der Waals surface area contributed by atoms with E-state index in [0.29, 0.717) is 12.8 Å². The second-order valence-electron chi connectivity index (χ2n) is 4.22. The van der Waals surface area contributed by atoms with Crippen LogP contribution in [-0.2, 0) is 0 Å². The zero-order valence-electron chi connectivity index (χ0n) is 10.4. The maximum Gasteiger partial charge on any atom is 0.160 e. The van der Waals surface area contributed by atoms with Gasteiger partial charge in [0.25, 0.3) is 0 Å². The van der Waals surface area contributed by atoms with Crippen LogP contribution >= 0.6 is 0 Å². The average molecular weight is 234 g/mol. The molecule has 16 heavy (non-hydrogen) atoms. The third-order valence-corrected chi connectivity index (χ3v) is 2.63. The van der Waals surface area contributed by atoms with Crippen LogP contribution in [0.3, 0.4) is 0 Å². The Labute approximate surface area is 97.6 Å². The first-order chi connectivity index (χ1) is 7.63. The fraction of sp³-hybridized carbons (Fsp3) is 0.846. The molecule has 0 aliphatic heterocycles. The Bertz CT molecular complexity index is 202. The molecule has 0 aromatic rings. The van der Waals surface area contributed by atoms with E-state index < -0.39 is 17.8 Å². The first-order valence-corrected chi connectivity index (χ1v) is 6.35. The van der Waals surface area contributed by atoms with Gasteiger partial charge < -0.3 is 5.11 Å². The summed E-state index contributed by atoms with van der Waals surface area (Å²) >= 11 is 0. The molecular weight excluding hydrogens is 210 g/mol. The Morgan fingerprint density at radius 3 is 2.19 bits per heavy atom. The van der Waals surface area contributed by atoms with Crippen LogP contribution in [0.2, 0.25) is 0 Å². The highest BCUT2D eigenvalue weighted by molar-refractivity contribution is 5.04. The largest absolute Gasteiger partial charge is 0.386 e. The number of rotatable bonds is 9. The molecule has 1 nitrogen and oxygen atoms in total. The topological polar surface area (TPSA) is 20.2 Å². The molecule has 0 rings (SSSR count). The molecule has 0 amide bonds. The van der Waals surface area contributed by atoms with Crippen molar-refractivity contribution in [2.24, 2.45) is 0 Å². The zero-order valence-corrected chi connectivity index (χ0v) is 10.4. The molecule has 0 saturated carbocycles. The van der Waals surface area contributed by atoms with Gasteiger partial charge in [0, 0.05) is 6.42 Å². The standard InChI is InChI=1S/C13H24F2O/c1-3-5-7-8-10-12(16)13(15)11(14)9-6-4-2/h12,16H,3-10H2,1-2H3/b13-11+. The van der Waals surface area contributed by atoms with Gasteiger partial charge in [0.15, 0.2) is 5.83 Å². The average Bonchev–Trinajstić information content (AvgIpc) is 2.30. The van der Waals surface area contributed by atoms with Crippen molar-refractivity contribution in [1.82, 2.24) is 0 Å². The Hall–Kier alpha value is -0.440. The third-order valence-electron chi connectivity index (χ3n) is 2.63. The van der Waals surface area contributed by atoms with Crippen LogP contribution in [-0.4, -0.2) is 11.2 Å². The summed E-state index contributed by atoms with van der Waals surface area (Å²) in [4.78, 5) is 0. The van der Waals surface area contributed by atoms with Gasteiger partial charge in [-0.05, 0) is 12.8 Å². The molecule has 0 saturated heterocycles. The van der Waals surface area contributed by atoms with Crippen molar-refractivity contribution < 1.29 is 13.9 Å². The van der Waals surface area contributed by atoms with E-state index in [9.17, 15) is 13.9 Å². The van der Waals surface area contributed by atoms with Crippen LogP contribution in [0.25, 0.3) is 0 Å². The molecule has 0 radical (unpaired) electrons. The second kappa shape index (κ2) is 9.76. The molecule has 0 bridgehead atoms. The highest BCUT2D eigenvalue weighted by Gasteiger charge is 2.15. The molecule has 1 N–H and O–H groups in total. The number of hydrogen-bond acceptors (Lipinski definition) is 1. The fourth-order valence-electron chi connectivity index (χ4n) is 1.52. The van der Waals surface area contributed by atoms with Gasteiger partial charge in [-0.3, -0.25) is 0 Å². The predicted octanol–water partition coefficient (Wildman–Crippen LogP) is 4.66. The Kier molecular flexibility index (Phi) is 9.49. The van der Waals surface area contributed by atoms with Gasteiger partial charge in [-0.2, -0.15) is 0 Å². The first kappa shape index (κ1) is 15.6. The van der Waals surface area contributed by atoms with E-state index in [0.717, 1.165) is 32.1 Å². The van der Waals surface area contributed by atoms with Crippen LogP contribution < -0.4 is 0 Å². The van der Waals surface area contributed by atoms with Crippen molar-refractivity contribution >= 4 is 0 Å². The first-order valence-electron chi connectivity index (χ1n) is 6.35. The van der Waals surface area contributed by atoms with Gasteiger partial charge in [-0.1, -0.05) is 46.0 Å². The molecule has 3 heteroatoms. The lowest BCUT2D eigenvalue weighted by atomic mass is 10.1. The zero-order chi connectivity index (χ0) is 12.4. The maximum atomic E-state index is 13.3. The van der Waals surface area contributed by atoms with Gasteiger partial charge in [0.1, 0.15) is 11.9 Å². The van der Waals surface area contributed by atoms with Crippen LogP contribution in [0.4, 0.5) is 8.78 Å². The van der Waals surface area contributed by atoms with E-state index in [1.807, 2.05) is 6.92 Å². The Morgan fingerprint density at radius 1 is 1.00 bits per heavy atom. The molecule has 0 heterocycles. The Morgan fingerprint density at radius 2 is 1.62 bits per heavy atom. The van der Waals surface area contributed by atoms with Gasteiger partial charge in [-0.15, -0.1) is 0 Å². The van der Waals surface area contributed by atoms with Crippen molar-refractivity contribution in [2.75, 3.05) is 0 Å². The Balaban J connectivity index is 3.90. The molecule has 0 aromatic heterocycles. The number of unbranched alkanes of at least 4 members (excludes halogenated alkanes) is 4. The monoisotopic (exact) mass is 234 g/mol. The molecule has 0 aliphatic carbocycles. The lowest BCUT2D eigenvalue weighted by Crippen LogP contribution is -2.08. The van der Waals surface area contributed by atoms with Gasteiger partial charge in [-0.25, -0.2) is 8.78 Å². The molecule has 0 fully saturated rings. The molecule has 0 aliphatic rings. The van der Waals surface area contributed by atoms with E-state index in [2.05, 4.69) is 6.92 Å². The summed E-state index contributed by atoms with van der Waals surface area (Å²) in [7, 11) is 0. The molecule has 96 valence electrons. The minimum atomic E-state index is -1.24. The quantitative estimate of drug-likeness (QED) is 0.575. The summed E-state index contributed by atoms with van der Waals surface area (Å²) < 4.78 is 26.4. The second-order valence-corrected chi connectivity index (χ2v) is 4.22. The van der Waals surface area contributed by atoms with Crippen molar-refractivity contribution in [1.29, 1.82) is 0 Å². The van der Waals surface area contributed by atoms with Crippen LogP contribution in [0.1, 0.15) is 65.2 Å². The van der Waals surface area contributed by atoms with E-state index in [-0.39, 0.29) is 6.42 Å². The number of halogens is 2. The predicted molar refractivity (Wildman–Crippen MR) is 63.5 cm³/mol. The van der Waals surface area contributed by atoms with E-state index in [4.69, 9.17) is 0 Å². The maximum absolute atomic E-state index is 13.3. The summed E-state index contributed by atoms with van der Waals surface area (Å²) in [5.74, 6) is -1.73. The minimum Gasteiger partial charge on any atom is -0.386 e. The lowest BCUT2D eigenvalue weighted by Gasteiger charge is -2.09. The van der Waals surface area contributed by atoms with Gasteiger partial charge in [0.05, 0.1) is 0 Å². The minimum absolute atomic E-state index is 0.106. The SMILES string of the molecule is CCCCCCC(O)/C(F)=C(\F)CCCC. The highest BCUT2D eigenvalue weighted by Crippen LogP contribution is 2.21. The molecule has 0 spiro atoms. The van der Waals surface area contributed by atoms with E-state index >= 15 is 0 Å².